The Morgan fingerprint density at radius 3 is 2.44 bits per heavy atom. The lowest BCUT2D eigenvalue weighted by Crippen LogP contribution is -2.26. The molecule has 0 aliphatic heterocycles. The molecule has 1 aliphatic carbocycles. The van der Waals surface area contributed by atoms with Gasteiger partial charge in [-0.1, -0.05) is 18.5 Å². The maximum absolute atomic E-state index is 12.9. The number of alkyl halides is 3. The molecule has 0 heterocycles. The van der Waals surface area contributed by atoms with Gasteiger partial charge in [0.05, 0.1) is 5.56 Å². The van der Waals surface area contributed by atoms with E-state index in [9.17, 15) is 13.2 Å². The van der Waals surface area contributed by atoms with Gasteiger partial charge in [-0.2, -0.15) is 13.2 Å². The SMILES string of the molecule is CC(Nc1ccc(Cl)cc1C(F)(F)F)C1(C)CC1. The highest BCUT2D eigenvalue weighted by atomic mass is 35.5. The zero-order chi connectivity index (χ0) is 13.6. The molecule has 0 radical (unpaired) electrons. The summed E-state index contributed by atoms with van der Waals surface area (Å²) in [5.74, 6) is 0. The van der Waals surface area contributed by atoms with Gasteiger partial charge in [-0.25, -0.2) is 0 Å². The smallest absolute Gasteiger partial charge is 0.382 e. The van der Waals surface area contributed by atoms with Gasteiger partial charge in [-0.05, 0) is 43.4 Å². The minimum atomic E-state index is -4.39. The van der Waals surface area contributed by atoms with Crippen molar-refractivity contribution in [2.75, 3.05) is 5.32 Å². The summed E-state index contributed by atoms with van der Waals surface area (Å²) in [7, 11) is 0. The number of rotatable bonds is 3. The van der Waals surface area contributed by atoms with Crippen LogP contribution in [0, 0.1) is 5.41 Å². The third-order valence-corrected chi connectivity index (χ3v) is 3.98. The molecule has 0 amide bonds. The summed E-state index contributed by atoms with van der Waals surface area (Å²) in [5, 5.41) is 3.06. The highest BCUT2D eigenvalue weighted by molar-refractivity contribution is 6.30. The summed E-state index contributed by atoms with van der Waals surface area (Å²) in [6.07, 6.45) is -2.29. The number of benzene rings is 1. The molecule has 0 saturated heterocycles. The molecule has 1 fully saturated rings. The van der Waals surface area contributed by atoms with Gasteiger partial charge in [0.25, 0.3) is 0 Å². The Bertz CT molecular complexity index is 452. The van der Waals surface area contributed by atoms with E-state index in [1.165, 1.54) is 12.1 Å². The molecule has 1 aromatic carbocycles. The molecule has 0 spiro atoms. The van der Waals surface area contributed by atoms with Gasteiger partial charge in [-0.3, -0.25) is 0 Å². The van der Waals surface area contributed by atoms with E-state index in [0.29, 0.717) is 0 Å². The summed E-state index contributed by atoms with van der Waals surface area (Å²) < 4.78 is 38.7. The molecule has 1 aromatic rings. The second-order valence-corrected chi connectivity index (χ2v) is 5.64. The van der Waals surface area contributed by atoms with Crippen molar-refractivity contribution in [3.63, 3.8) is 0 Å². The van der Waals surface area contributed by atoms with Crippen molar-refractivity contribution in [2.24, 2.45) is 5.41 Å². The predicted molar refractivity (Wildman–Crippen MR) is 66.9 cm³/mol. The van der Waals surface area contributed by atoms with Crippen LogP contribution in [0.2, 0.25) is 5.02 Å². The first kappa shape index (κ1) is 13.5. The van der Waals surface area contributed by atoms with Crippen LogP contribution >= 0.6 is 11.6 Å². The highest BCUT2D eigenvalue weighted by Gasteiger charge is 2.43. The fourth-order valence-corrected chi connectivity index (χ4v) is 2.09. The molecule has 100 valence electrons. The topological polar surface area (TPSA) is 12.0 Å². The van der Waals surface area contributed by atoms with E-state index in [1.807, 2.05) is 6.92 Å². The van der Waals surface area contributed by atoms with E-state index in [2.05, 4.69) is 12.2 Å². The molecule has 1 saturated carbocycles. The number of nitrogens with one attached hydrogen (secondary N) is 1. The maximum Gasteiger partial charge on any atom is 0.418 e. The second-order valence-electron chi connectivity index (χ2n) is 5.21. The Morgan fingerprint density at radius 1 is 1.33 bits per heavy atom. The third kappa shape index (κ3) is 2.74. The first-order valence-electron chi connectivity index (χ1n) is 5.86. The summed E-state index contributed by atoms with van der Waals surface area (Å²) in [6, 6.07) is 3.85. The predicted octanol–water partition coefficient (Wildman–Crippen LogP) is 4.96. The fraction of sp³-hybridized carbons (Fsp3) is 0.538. The molecule has 5 heteroatoms. The van der Waals surface area contributed by atoms with Gasteiger partial charge in [0.15, 0.2) is 0 Å². The van der Waals surface area contributed by atoms with Crippen molar-refractivity contribution in [1.82, 2.24) is 0 Å². The summed E-state index contributed by atoms with van der Waals surface area (Å²) in [5.41, 5.74) is -0.485. The van der Waals surface area contributed by atoms with Crippen molar-refractivity contribution >= 4 is 17.3 Å². The van der Waals surface area contributed by atoms with Crippen molar-refractivity contribution in [1.29, 1.82) is 0 Å². The van der Waals surface area contributed by atoms with Crippen LogP contribution in [0.4, 0.5) is 18.9 Å². The van der Waals surface area contributed by atoms with E-state index < -0.39 is 11.7 Å². The quantitative estimate of drug-likeness (QED) is 0.823. The van der Waals surface area contributed by atoms with Crippen LogP contribution in [0.5, 0.6) is 0 Å². The van der Waals surface area contributed by atoms with Crippen LogP contribution in [-0.2, 0) is 6.18 Å². The number of halogens is 4. The zero-order valence-corrected chi connectivity index (χ0v) is 11.0. The standard InChI is InChI=1S/C13H15ClF3N/c1-8(12(2)5-6-12)18-11-4-3-9(14)7-10(11)13(15,16)17/h3-4,7-8,18H,5-6H2,1-2H3. The van der Waals surface area contributed by atoms with Gasteiger partial charge < -0.3 is 5.32 Å². The number of anilines is 1. The largest absolute Gasteiger partial charge is 0.418 e. The average Bonchev–Trinajstić information content (AvgIpc) is 2.99. The van der Waals surface area contributed by atoms with Gasteiger partial charge in [0.2, 0.25) is 0 Å². The van der Waals surface area contributed by atoms with E-state index in [4.69, 9.17) is 11.6 Å². The molecule has 0 aromatic heterocycles. The Kier molecular flexibility index (Phi) is 3.26. The molecule has 1 N–H and O–H groups in total. The maximum atomic E-state index is 12.9. The lowest BCUT2D eigenvalue weighted by Gasteiger charge is -2.24. The van der Waals surface area contributed by atoms with Crippen LogP contribution in [0.25, 0.3) is 0 Å². The van der Waals surface area contributed by atoms with E-state index in [1.54, 1.807) is 0 Å². The lowest BCUT2D eigenvalue weighted by molar-refractivity contribution is -0.137. The zero-order valence-electron chi connectivity index (χ0n) is 10.2. The van der Waals surface area contributed by atoms with Crippen molar-refractivity contribution in [3.8, 4) is 0 Å². The van der Waals surface area contributed by atoms with Gasteiger partial charge in [0, 0.05) is 16.8 Å². The van der Waals surface area contributed by atoms with Crippen molar-refractivity contribution < 1.29 is 13.2 Å². The number of hydrogen-bond acceptors (Lipinski definition) is 1. The van der Waals surface area contributed by atoms with Gasteiger partial charge in [-0.15, -0.1) is 0 Å². The molecule has 1 aliphatic rings. The Hall–Kier alpha value is -0.900. The summed E-state index contributed by atoms with van der Waals surface area (Å²) in [4.78, 5) is 0. The van der Waals surface area contributed by atoms with E-state index in [0.717, 1.165) is 18.9 Å². The Balaban J connectivity index is 2.27. The molecular formula is C13H15ClF3N. The molecule has 1 unspecified atom stereocenters. The second kappa shape index (κ2) is 4.34. The van der Waals surface area contributed by atoms with Crippen LogP contribution in [0.3, 0.4) is 0 Å². The van der Waals surface area contributed by atoms with E-state index >= 15 is 0 Å². The minimum absolute atomic E-state index is 0.0137. The molecule has 1 atom stereocenters. The van der Waals surface area contributed by atoms with E-state index in [-0.39, 0.29) is 22.2 Å². The molecule has 0 bridgehead atoms. The summed E-state index contributed by atoms with van der Waals surface area (Å²) in [6.45, 7) is 4.00. The third-order valence-electron chi connectivity index (χ3n) is 3.74. The van der Waals surface area contributed by atoms with Crippen LogP contribution in [0.15, 0.2) is 18.2 Å². The first-order chi connectivity index (χ1) is 8.22. The first-order valence-corrected chi connectivity index (χ1v) is 6.23. The van der Waals surface area contributed by atoms with Crippen LogP contribution in [-0.4, -0.2) is 6.04 Å². The normalized spacial score (nSPS) is 19.4. The summed E-state index contributed by atoms with van der Waals surface area (Å²) >= 11 is 5.63. The molecular weight excluding hydrogens is 263 g/mol. The van der Waals surface area contributed by atoms with Crippen LogP contribution < -0.4 is 5.32 Å². The lowest BCUT2D eigenvalue weighted by atomic mass is 10.00. The fourth-order valence-electron chi connectivity index (χ4n) is 1.91. The van der Waals surface area contributed by atoms with Crippen LogP contribution in [0.1, 0.15) is 32.3 Å². The Morgan fingerprint density at radius 2 is 1.94 bits per heavy atom. The average molecular weight is 278 g/mol. The Labute approximate surface area is 109 Å². The molecule has 18 heavy (non-hydrogen) atoms. The number of hydrogen-bond donors (Lipinski definition) is 1. The van der Waals surface area contributed by atoms with Gasteiger partial charge >= 0.3 is 6.18 Å². The van der Waals surface area contributed by atoms with Crippen molar-refractivity contribution in [2.45, 2.75) is 38.9 Å². The molecule has 2 rings (SSSR count). The molecule has 1 nitrogen and oxygen atoms in total. The highest BCUT2D eigenvalue weighted by Crippen LogP contribution is 2.49. The van der Waals surface area contributed by atoms with Gasteiger partial charge in [0.1, 0.15) is 0 Å². The minimum Gasteiger partial charge on any atom is -0.382 e. The van der Waals surface area contributed by atoms with Crippen molar-refractivity contribution in [3.05, 3.63) is 28.8 Å². The monoisotopic (exact) mass is 277 g/mol.